The van der Waals surface area contributed by atoms with Crippen molar-refractivity contribution in [1.29, 1.82) is 0 Å². The van der Waals surface area contributed by atoms with Crippen molar-refractivity contribution in [2.45, 2.75) is 13.0 Å². The van der Waals surface area contributed by atoms with Gasteiger partial charge in [-0.3, -0.25) is 5.84 Å². The molecule has 2 aromatic rings. The predicted octanol–water partition coefficient (Wildman–Crippen LogP) is 3.28. The van der Waals surface area contributed by atoms with E-state index in [0.29, 0.717) is 16.5 Å². The molecule has 1 atom stereocenters. The summed E-state index contributed by atoms with van der Waals surface area (Å²) >= 11 is 7.89. The molecule has 1 unspecified atom stereocenters. The van der Waals surface area contributed by atoms with E-state index in [4.69, 9.17) is 26.9 Å². The van der Waals surface area contributed by atoms with E-state index in [9.17, 15) is 0 Å². The van der Waals surface area contributed by atoms with E-state index in [1.54, 1.807) is 25.6 Å². The van der Waals surface area contributed by atoms with Gasteiger partial charge >= 0.3 is 0 Å². The molecule has 1 aromatic heterocycles. The molecule has 0 aliphatic rings. The number of ether oxygens (including phenoxy) is 2. The van der Waals surface area contributed by atoms with Gasteiger partial charge in [0.1, 0.15) is 0 Å². The first-order chi connectivity index (χ1) is 9.62. The van der Waals surface area contributed by atoms with E-state index in [1.807, 2.05) is 17.5 Å². The van der Waals surface area contributed by atoms with Gasteiger partial charge < -0.3 is 9.47 Å². The van der Waals surface area contributed by atoms with E-state index in [-0.39, 0.29) is 6.04 Å². The zero-order chi connectivity index (χ0) is 14.7. The van der Waals surface area contributed by atoms with Crippen LogP contribution in [0.2, 0.25) is 5.02 Å². The van der Waals surface area contributed by atoms with Crippen LogP contribution < -0.4 is 20.7 Å². The Labute approximate surface area is 127 Å². The molecule has 0 saturated heterocycles. The van der Waals surface area contributed by atoms with Crippen LogP contribution in [0.25, 0.3) is 0 Å². The fourth-order valence-corrected chi connectivity index (χ4v) is 3.42. The minimum absolute atomic E-state index is 0.132. The van der Waals surface area contributed by atoms with Gasteiger partial charge in [0.05, 0.1) is 25.3 Å². The SMILES string of the molecule is COc1cc(C(NN)c2sccc2C)cc(Cl)c1OC. The highest BCUT2D eigenvalue weighted by atomic mass is 35.5. The molecule has 6 heteroatoms. The normalized spacial score (nSPS) is 12.2. The number of benzene rings is 1. The summed E-state index contributed by atoms with van der Waals surface area (Å²) in [7, 11) is 3.14. The van der Waals surface area contributed by atoms with Crippen molar-refractivity contribution in [2.24, 2.45) is 5.84 Å². The van der Waals surface area contributed by atoms with Crippen LogP contribution in [0, 0.1) is 6.92 Å². The van der Waals surface area contributed by atoms with Crippen LogP contribution in [-0.2, 0) is 0 Å². The number of halogens is 1. The highest BCUT2D eigenvalue weighted by molar-refractivity contribution is 7.10. The lowest BCUT2D eigenvalue weighted by molar-refractivity contribution is 0.354. The molecule has 0 aliphatic heterocycles. The molecule has 0 fully saturated rings. The largest absolute Gasteiger partial charge is 0.493 e. The lowest BCUT2D eigenvalue weighted by Crippen LogP contribution is -2.28. The number of hydrogen-bond acceptors (Lipinski definition) is 5. The maximum Gasteiger partial charge on any atom is 0.179 e. The zero-order valence-corrected chi connectivity index (χ0v) is 13.1. The van der Waals surface area contributed by atoms with E-state index < -0.39 is 0 Å². The van der Waals surface area contributed by atoms with Crippen LogP contribution in [0.3, 0.4) is 0 Å². The number of hydrogen-bond donors (Lipinski definition) is 2. The molecule has 3 N–H and O–H groups in total. The van der Waals surface area contributed by atoms with Crippen molar-refractivity contribution in [2.75, 3.05) is 14.2 Å². The third-order valence-electron chi connectivity index (χ3n) is 3.12. The molecular formula is C14H17ClN2O2S. The number of nitrogens with two attached hydrogens (primary N) is 1. The van der Waals surface area contributed by atoms with Crippen molar-refractivity contribution in [3.63, 3.8) is 0 Å². The molecule has 0 bridgehead atoms. The van der Waals surface area contributed by atoms with Crippen molar-refractivity contribution in [1.82, 2.24) is 5.43 Å². The molecule has 20 heavy (non-hydrogen) atoms. The monoisotopic (exact) mass is 312 g/mol. The molecular weight excluding hydrogens is 296 g/mol. The number of aryl methyl sites for hydroxylation is 1. The molecule has 0 saturated carbocycles. The van der Waals surface area contributed by atoms with Crippen molar-refractivity contribution in [3.05, 3.63) is 44.6 Å². The number of hydrazine groups is 1. The molecule has 0 aliphatic carbocycles. The second-order valence-corrected chi connectivity index (χ2v) is 5.66. The van der Waals surface area contributed by atoms with Gasteiger partial charge in [0.2, 0.25) is 0 Å². The maximum atomic E-state index is 6.25. The average molecular weight is 313 g/mol. The summed E-state index contributed by atoms with van der Waals surface area (Å²) < 4.78 is 10.6. The van der Waals surface area contributed by atoms with Crippen molar-refractivity contribution in [3.8, 4) is 11.5 Å². The Morgan fingerprint density at radius 2 is 2.05 bits per heavy atom. The third kappa shape index (κ3) is 2.76. The lowest BCUT2D eigenvalue weighted by Gasteiger charge is -2.19. The second kappa shape index (κ2) is 6.45. The summed E-state index contributed by atoms with van der Waals surface area (Å²) in [6.45, 7) is 2.05. The Bertz CT molecular complexity index is 601. The second-order valence-electron chi connectivity index (χ2n) is 4.31. The lowest BCUT2D eigenvalue weighted by atomic mass is 10.0. The van der Waals surface area contributed by atoms with E-state index in [0.717, 1.165) is 10.4 Å². The summed E-state index contributed by atoms with van der Waals surface area (Å²) in [6.07, 6.45) is 0. The van der Waals surface area contributed by atoms with Gasteiger partial charge in [-0.2, -0.15) is 0 Å². The van der Waals surface area contributed by atoms with Crippen molar-refractivity contribution >= 4 is 22.9 Å². The van der Waals surface area contributed by atoms with Gasteiger partial charge in [-0.1, -0.05) is 11.6 Å². The topological polar surface area (TPSA) is 56.5 Å². The molecule has 4 nitrogen and oxygen atoms in total. The molecule has 2 rings (SSSR count). The van der Waals surface area contributed by atoms with E-state index in [1.165, 1.54) is 5.56 Å². The summed E-state index contributed by atoms with van der Waals surface area (Å²) in [6, 6.07) is 5.65. The number of methoxy groups -OCH3 is 2. The van der Waals surface area contributed by atoms with Crippen molar-refractivity contribution < 1.29 is 9.47 Å². The van der Waals surface area contributed by atoms with Gasteiger partial charge in [-0.25, -0.2) is 5.43 Å². The molecule has 0 spiro atoms. The molecule has 1 heterocycles. The predicted molar refractivity (Wildman–Crippen MR) is 82.8 cm³/mol. The number of thiophene rings is 1. The molecule has 108 valence electrons. The molecule has 1 aromatic carbocycles. The van der Waals surface area contributed by atoms with Gasteiger partial charge in [-0.15, -0.1) is 11.3 Å². The first kappa shape index (κ1) is 15.1. The zero-order valence-electron chi connectivity index (χ0n) is 11.6. The minimum Gasteiger partial charge on any atom is -0.493 e. The first-order valence-electron chi connectivity index (χ1n) is 6.03. The Morgan fingerprint density at radius 1 is 1.30 bits per heavy atom. The van der Waals surface area contributed by atoms with E-state index in [2.05, 4.69) is 18.4 Å². The fraction of sp³-hybridized carbons (Fsp3) is 0.286. The van der Waals surface area contributed by atoms with Gasteiger partial charge in [0.25, 0.3) is 0 Å². The average Bonchev–Trinajstić information content (AvgIpc) is 2.85. The molecule has 0 radical (unpaired) electrons. The fourth-order valence-electron chi connectivity index (χ4n) is 2.11. The Balaban J connectivity index is 2.51. The third-order valence-corrected chi connectivity index (χ3v) is 4.48. The Morgan fingerprint density at radius 3 is 2.55 bits per heavy atom. The van der Waals surface area contributed by atoms with Crippen LogP contribution in [0.5, 0.6) is 11.5 Å². The van der Waals surface area contributed by atoms with Crippen LogP contribution in [0.1, 0.15) is 22.0 Å². The van der Waals surface area contributed by atoms with Crippen LogP contribution in [0.4, 0.5) is 0 Å². The summed E-state index contributed by atoms with van der Waals surface area (Å²) in [5, 5.41) is 2.54. The van der Waals surface area contributed by atoms with Gasteiger partial charge in [0.15, 0.2) is 11.5 Å². The Hall–Kier alpha value is -1.27. The van der Waals surface area contributed by atoms with Crippen LogP contribution >= 0.6 is 22.9 Å². The summed E-state index contributed by atoms with van der Waals surface area (Å²) in [5.74, 6) is 6.83. The van der Waals surface area contributed by atoms with E-state index >= 15 is 0 Å². The first-order valence-corrected chi connectivity index (χ1v) is 7.29. The summed E-state index contributed by atoms with van der Waals surface area (Å²) in [5.41, 5.74) is 4.95. The highest BCUT2D eigenvalue weighted by Gasteiger charge is 2.20. The number of rotatable bonds is 5. The number of nitrogens with one attached hydrogen (secondary N) is 1. The smallest absolute Gasteiger partial charge is 0.179 e. The standard InChI is InChI=1S/C14H17ClN2O2S/c1-8-4-5-20-14(8)12(17-16)9-6-10(15)13(19-3)11(7-9)18-2/h4-7,12,17H,16H2,1-3H3. The van der Waals surface area contributed by atoms with Crippen LogP contribution in [-0.4, -0.2) is 14.2 Å². The minimum atomic E-state index is -0.132. The molecule has 0 amide bonds. The van der Waals surface area contributed by atoms with Gasteiger partial charge in [0, 0.05) is 4.88 Å². The highest BCUT2D eigenvalue weighted by Crippen LogP contribution is 2.39. The maximum absolute atomic E-state index is 6.25. The van der Waals surface area contributed by atoms with Gasteiger partial charge in [-0.05, 0) is 41.6 Å². The van der Waals surface area contributed by atoms with Crippen LogP contribution in [0.15, 0.2) is 23.6 Å². The Kier molecular flexibility index (Phi) is 4.88. The quantitative estimate of drug-likeness (QED) is 0.657. The summed E-state index contributed by atoms with van der Waals surface area (Å²) in [4.78, 5) is 1.15.